The molecule has 2 nitrogen and oxygen atoms in total. The lowest BCUT2D eigenvalue weighted by Gasteiger charge is -2.04. The van der Waals surface area contributed by atoms with Crippen molar-refractivity contribution < 1.29 is 4.79 Å². The summed E-state index contributed by atoms with van der Waals surface area (Å²) in [7, 11) is 0. The van der Waals surface area contributed by atoms with Crippen molar-refractivity contribution >= 4 is 18.5 Å². The maximum absolute atomic E-state index is 10.6. The smallest absolute Gasteiger partial charge is 0.229 e. The predicted molar refractivity (Wildman–Crippen MR) is 57.7 cm³/mol. The second-order valence-corrected chi connectivity index (χ2v) is 3.01. The van der Waals surface area contributed by atoms with Crippen LogP contribution < -0.4 is 5.32 Å². The molecule has 0 heterocycles. The van der Waals surface area contributed by atoms with Gasteiger partial charge in [0.2, 0.25) is 5.91 Å². The molecule has 0 unspecified atom stereocenters. The van der Waals surface area contributed by atoms with E-state index in [2.05, 4.69) is 31.8 Å². The molecule has 0 saturated carbocycles. The molecule has 12 heavy (non-hydrogen) atoms. The van der Waals surface area contributed by atoms with Crippen LogP contribution in [0.25, 0.3) is 0 Å². The molecule has 3 heteroatoms. The van der Waals surface area contributed by atoms with Gasteiger partial charge in [0.25, 0.3) is 0 Å². The molecule has 0 aliphatic carbocycles. The van der Waals surface area contributed by atoms with Crippen molar-refractivity contribution in [3.8, 4) is 0 Å². The van der Waals surface area contributed by atoms with Gasteiger partial charge in [0.1, 0.15) is 0 Å². The number of amides is 1. The minimum absolute atomic E-state index is 0.0176. The first-order valence-corrected chi connectivity index (χ1v) is 5.17. The van der Waals surface area contributed by atoms with Gasteiger partial charge >= 0.3 is 0 Å². The van der Waals surface area contributed by atoms with Gasteiger partial charge in [-0.15, -0.1) is 0 Å². The van der Waals surface area contributed by atoms with Crippen LogP contribution in [0, 0.1) is 5.92 Å². The van der Waals surface area contributed by atoms with Crippen molar-refractivity contribution in [2.75, 3.05) is 12.3 Å². The molecule has 0 fully saturated rings. The van der Waals surface area contributed by atoms with Crippen molar-refractivity contribution in [2.24, 2.45) is 5.92 Å². The van der Waals surface area contributed by atoms with E-state index in [1.807, 2.05) is 13.8 Å². The van der Waals surface area contributed by atoms with Crippen molar-refractivity contribution in [3.05, 3.63) is 0 Å². The molecule has 1 amide bonds. The van der Waals surface area contributed by atoms with Gasteiger partial charge in [-0.05, 0) is 12.3 Å². The third kappa shape index (κ3) is 12.5. The lowest BCUT2D eigenvalue weighted by Crippen LogP contribution is -2.26. The summed E-state index contributed by atoms with van der Waals surface area (Å²) in [6, 6.07) is 0. The minimum Gasteiger partial charge on any atom is -0.355 e. The van der Waals surface area contributed by atoms with Gasteiger partial charge in [-0.3, -0.25) is 4.79 Å². The van der Waals surface area contributed by atoms with Crippen LogP contribution in [0.5, 0.6) is 0 Å². The lowest BCUT2D eigenvalue weighted by atomic mass is 10.1. The number of nitrogens with one attached hydrogen (secondary N) is 1. The van der Waals surface area contributed by atoms with E-state index < -0.39 is 0 Å². The summed E-state index contributed by atoms with van der Waals surface area (Å²) in [4.78, 5) is 10.6. The van der Waals surface area contributed by atoms with Gasteiger partial charge in [-0.25, -0.2) is 0 Å². The van der Waals surface area contributed by atoms with Crippen LogP contribution in [0.3, 0.4) is 0 Å². The molecule has 1 N–H and O–H groups in total. The summed E-state index contributed by atoms with van der Waals surface area (Å²) >= 11 is 3.83. The van der Waals surface area contributed by atoms with Crippen LogP contribution in [0.15, 0.2) is 0 Å². The van der Waals surface area contributed by atoms with Crippen molar-refractivity contribution in [3.63, 3.8) is 0 Å². The van der Waals surface area contributed by atoms with Gasteiger partial charge in [0.15, 0.2) is 0 Å². The van der Waals surface area contributed by atoms with Crippen LogP contribution in [0.4, 0.5) is 0 Å². The highest BCUT2D eigenvalue weighted by atomic mass is 32.1. The van der Waals surface area contributed by atoms with E-state index in [9.17, 15) is 4.79 Å². The van der Waals surface area contributed by atoms with Crippen LogP contribution >= 0.6 is 12.6 Å². The number of hydrogen-bond acceptors (Lipinski definition) is 2. The van der Waals surface area contributed by atoms with Crippen LogP contribution in [-0.2, 0) is 4.79 Å². The van der Waals surface area contributed by atoms with Gasteiger partial charge in [-0.1, -0.05) is 27.7 Å². The van der Waals surface area contributed by atoms with Crippen molar-refractivity contribution in [1.29, 1.82) is 0 Å². The third-order valence-corrected chi connectivity index (χ3v) is 1.47. The standard InChI is InChI=1S/C7H15NOS.C2H6/c1-6(2)3-4-8-7(9)5-10;1-2/h6,10H,3-5H2,1-2H3,(H,8,9);1-2H3. The van der Waals surface area contributed by atoms with Crippen LogP contribution in [-0.4, -0.2) is 18.2 Å². The average molecular weight is 191 g/mol. The van der Waals surface area contributed by atoms with E-state index in [-0.39, 0.29) is 11.7 Å². The number of carbonyl (C=O) groups is 1. The Morgan fingerprint density at radius 3 is 2.25 bits per heavy atom. The zero-order valence-electron chi connectivity index (χ0n) is 8.55. The average Bonchev–Trinajstić information content (AvgIpc) is 2.07. The number of rotatable bonds is 4. The Balaban J connectivity index is 0. The molecule has 0 aromatic carbocycles. The molecule has 0 aromatic heterocycles. The fourth-order valence-corrected chi connectivity index (χ4v) is 0.668. The largest absolute Gasteiger partial charge is 0.355 e. The number of thiol groups is 1. The van der Waals surface area contributed by atoms with E-state index in [0.29, 0.717) is 5.92 Å². The Bertz CT molecular complexity index is 105. The molecule has 0 aromatic rings. The summed E-state index contributed by atoms with van der Waals surface area (Å²) in [5.41, 5.74) is 0. The maximum atomic E-state index is 10.6. The first kappa shape index (κ1) is 14.3. The topological polar surface area (TPSA) is 29.1 Å². The van der Waals surface area contributed by atoms with Crippen molar-refractivity contribution in [1.82, 2.24) is 5.32 Å². The molecule has 0 spiro atoms. The van der Waals surface area contributed by atoms with E-state index >= 15 is 0 Å². The van der Waals surface area contributed by atoms with Gasteiger partial charge in [0, 0.05) is 6.54 Å². The molecule has 74 valence electrons. The van der Waals surface area contributed by atoms with E-state index in [0.717, 1.165) is 13.0 Å². The van der Waals surface area contributed by atoms with Crippen LogP contribution in [0.1, 0.15) is 34.1 Å². The molecule has 0 radical (unpaired) electrons. The molecule has 0 bridgehead atoms. The maximum Gasteiger partial charge on any atom is 0.229 e. The van der Waals surface area contributed by atoms with Gasteiger partial charge in [0.05, 0.1) is 5.75 Å². The second kappa shape index (κ2) is 10.8. The van der Waals surface area contributed by atoms with E-state index in [1.165, 1.54) is 0 Å². The highest BCUT2D eigenvalue weighted by molar-refractivity contribution is 7.81. The van der Waals surface area contributed by atoms with Crippen LogP contribution in [0.2, 0.25) is 0 Å². The Morgan fingerprint density at radius 2 is 1.92 bits per heavy atom. The minimum atomic E-state index is 0.0176. The first-order valence-electron chi connectivity index (χ1n) is 4.54. The number of hydrogen-bond donors (Lipinski definition) is 2. The molecular formula is C9H21NOS. The molecular weight excluding hydrogens is 170 g/mol. The van der Waals surface area contributed by atoms with Gasteiger partial charge in [-0.2, -0.15) is 12.6 Å². The highest BCUT2D eigenvalue weighted by Crippen LogP contribution is 1.95. The molecule has 0 aliphatic rings. The Hall–Kier alpha value is -0.180. The fourth-order valence-electron chi connectivity index (χ4n) is 0.556. The zero-order valence-corrected chi connectivity index (χ0v) is 9.45. The van der Waals surface area contributed by atoms with Crippen molar-refractivity contribution in [2.45, 2.75) is 34.1 Å². The lowest BCUT2D eigenvalue weighted by molar-refractivity contribution is -0.118. The SMILES string of the molecule is CC.CC(C)CCNC(=O)CS. The number of carbonyl (C=O) groups excluding carboxylic acids is 1. The Morgan fingerprint density at radius 1 is 1.42 bits per heavy atom. The fraction of sp³-hybridized carbons (Fsp3) is 0.889. The third-order valence-electron chi connectivity index (χ3n) is 1.19. The highest BCUT2D eigenvalue weighted by Gasteiger charge is 1.96. The quantitative estimate of drug-likeness (QED) is 0.655. The summed E-state index contributed by atoms with van der Waals surface area (Å²) in [5, 5.41) is 2.75. The summed E-state index contributed by atoms with van der Waals surface area (Å²) in [6.45, 7) is 9.04. The van der Waals surface area contributed by atoms with Gasteiger partial charge < -0.3 is 5.32 Å². The molecule has 0 aliphatic heterocycles. The normalized spacial score (nSPS) is 8.83. The molecule has 0 saturated heterocycles. The Labute approximate surface area is 81.5 Å². The summed E-state index contributed by atoms with van der Waals surface area (Å²) in [5.74, 6) is 0.960. The predicted octanol–water partition coefficient (Wildman–Crippen LogP) is 2.10. The summed E-state index contributed by atoms with van der Waals surface area (Å²) < 4.78 is 0. The van der Waals surface area contributed by atoms with E-state index in [1.54, 1.807) is 0 Å². The summed E-state index contributed by atoms with van der Waals surface area (Å²) in [6.07, 6.45) is 1.04. The molecule has 0 atom stereocenters. The zero-order chi connectivity index (χ0) is 9.98. The Kier molecular flexibility index (Phi) is 12.9. The first-order chi connectivity index (χ1) is 5.66. The monoisotopic (exact) mass is 191 g/mol. The second-order valence-electron chi connectivity index (χ2n) is 2.69. The molecule has 0 rings (SSSR count). The van der Waals surface area contributed by atoms with E-state index in [4.69, 9.17) is 0 Å².